The van der Waals surface area contributed by atoms with Gasteiger partial charge in [0.2, 0.25) is 0 Å². The van der Waals surface area contributed by atoms with E-state index in [4.69, 9.17) is 4.74 Å². The Hall–Kier alpha value is -1.75. The Labute approximate surface area is 175 Å². The van der Waals surface area contributed by atoms with E-state index in [2.05, 4.69) is 25.7 Å². The van der Waals surface area contributed by atoms with Crippen LogP contribution in [0.25, 0.3) is 0 Å². The maximum atomic E-state index is 13.8. The van der Waals surface area contributed by atoms with Crippen molar-refractivity contribution < 1.29 is 9.13 Å². The third-order valence-electron chi connectivity index (χ3n) is 4.23. The molecular formula is C18H26FIN6O. The molecule has 0 saturated heterocycles. The van der Waals surface area contributed by atoms with Gasteiger partial charge in [0.05, 0.1) is 13.1 Å². The van der Waals surface area contributed by atoms with Gasteiger partial charge in [-0.1, -0.05) is 18.2 Å². The monoisotopic (exact) mass is 488 g/mol. The van der Waals surface area contributed by atoms with Crippen LogP contribution >= 0.6 is 24.0 Å². The molecule has 0 spiro atoms. The Balaban J connectivity index is 0.00000261. The number of fused-ring (bicyclic) bond motifs is 1. The Morgan fingerprint density at radius 2 is 2.22 bits per heavy atom. The topological polar surface area (TPSA) is 76.4 Å². The number of hydrogen-bond acceptors (Lipinski definition) is 4. The standard InChI is InChI=1S/C18H25FN6O.HI/c1-3-20-18(21-10-13-6-4-5-7-15(13)19)22-14-8-9-17-23-16(12-26-2)24-25(17)11-14;/h4-7,14H,3,8-12H2,1-2H3,(H2,20,21,22);1H. The zero-order chi connectivity index (χ0) is 18.4. The quantitative estimate of drug-likeness (QED) is 0.371. The molecule has 0 bridgehead atoms. The van der Waals surface area contributed by atoms with Gasteiger partial charge < -0.3 is 15.4 Å². The Morgan fingerprint density at radius 1 is 1.41 bits per heavy atom. The molecule has 27 heavy (non-hydrogen) atoms. The number of ether oxygens (including phenoxy) is 1. The molecule has 0 fully saturated rings. The first kappa shape index (κ1) is 21.5. The maximum Gasteiger partial charge on any atom is 0.191 e. The van der Waals surface area contributed by atoms with Gasteiger partial charge in [0.1, 0.15) is 18.2 Å². The van der Waals surface area contributed by atoms with E-state index in [0.29, 0.717) is 30.5 Å². The second kappa shape index (κ2) is 10.5. The Bertz CT molecular complexity index is 766. The van der Waals surface area contributed by atoms with Crippen LogP contribution in [0.15, 0.2) is 29.3 Å². The number of aromatic nitrogens is 3. The number of aryl methyl sites for hydroxylation is 1. The molecule has 2 aromatic rings. The minimum atomic E-state index is -0.234. The molecule has 1 aliphatic rings. The number of benzene rings is 1. The molecule has 0 radical (unpaired) electrons. The second-order valence-corrected chi connectivity index (χ2v) is 6.23. The van der Waals surface area contributed by atoms with Gasteiger partial charge in [-0.25, -0.2) is 19.0 Å². The number of nitrogens with zero attached hydrogens (tertiary/aromatic N) is 4. The van der Waals surface area contributed by atoms with Gasteiger partial charge in [0.25, 0.3) is 0 Å². The molecule has 9 heteroatoms. The third kappa shape index (κ3) is 5.86. The van der Waals surface area contributed by atoms with Crippen molar-refractivity contribution in [1.29, 1.82) is 0 Å². The average Bonchev–Trinajstić information content (AvgIpc) is 3.03. The highest BCUT2D eigenvalue weighted by Crippen LogP contribution is 2.14. The molecule has 0 amide bonds. The SMILES string of the molecule is CCNC(=NCc1ccccc1F)NC1CCc2nc(COC)nn2C1.I. The lowest BCUT2D eigenvalue weighted by Gasteiger charge is -2.25. The Morgan fingerprint density at radius 3 is 2.96 bits per heavy atom. The smallest absolute Gasteiger partial charge is 0.191 e. The first-order valence-electron chi connectivity index (χ1n) is 8.89. The van der Waals surface area contributed by atoms with Crippen LogP contribution in [0, 0.1) is 5.82 Å². The molecule has 1 aliphatic heterocycles. The largest absolute Gasteiger partial charge is 0.377 e. The summed E-state index contributed by atoms with van der Waals surface area (Å²) in [5, 5.41) is 11.1. The molecule has 1 aromatic heterocycles. The minimum Gasteiger partial charge on any atom is -0.377 e. The molecule has 0 saturated carbocycles. The van der Waals surface area contributed by atoms with Crippen LogP contribution < -0.4 is 10.6 Å². The summed E-state index contributed by atoms with van der Waals surface area (Å²) in [6.07, 6.45) is 1.79. The van der Waals surface area contributed by atoms with Crippen molar-refractivity contribution in [3.05, 3.63) is 47.3 Å². The maximum absolute atomic E-state index is 13.8. The van der Waals surface area contributed by atoms with Crippen molar-refractivity contribution >= 4 is 29.9 Å². The van der Waals surface area contributed by atoms with Gasteiger partial charge in [-0.05, 0) is 19.4 Å². The summed E-state index contributed by atoms with van der Waals surface area (Å²) in [6, 6.07) is 6.90. The second-order valence-electron chi connectivity index (χ2n) is 6.23. The van der Waals surface area contributed by atoms with E-state index in [9.17, 15) is 4.39 Å². The van der Waals surface area contributed by atoms with Crippen LogP contribution in [0.5, 0.6) is 0 Å². The van der Waals surface area contributed by atoms with Gasteiger partial charge >= 0.3 is 0 Å². The summed E-state index contributed by atoms with van der Waals surface area (Å²) in [4.78, 5) is 9.01. The average molecular weight is 488 g/mol. The van der Waals surface area contributed by atoms with Gasteiger partial charge in [0.15, 0.2) is 11.8 Å². The fraction of sp³-hybridized carbons (Fsp3) is 0.500. The zero-order valence-corrected chi connectivity index (χ0v) is 17.9. The van der Waals surface area contributed by atoms with Gasteiger partial charge in [-0.15, -0.1) is 24.0 Å². The van der Waals surface area contributed by atoms with E-state index in [1.54, 1.807) is 19.2 Å². The summed E-state index contributed by atoms with van der Waals surface area (Å²) in [5.41, 5.74) is 0.580. The molecule has 1 aromatic carbocycles. The molecule has 3 rings (SSSR count). The summed E-state index contributed by atoms with van der Waals surface area (Å²) in [7, 11) is 1.64. The van der Waals surface area contributed by atoms with Crippen LogP contribution in [-0.4, -0.2) is 40.4 Å². The zero-order valence-electron chi connectivity index (χ0n) is 15.6. The highest BCUT2D eigenvalue weighted by atomic mass is 127. The molecule has 1 atom stereocenters. The van der Waals surface area contributed by atoms with Crippen molar-refractivity contribution in [3.63, 3.8) is 0 Å². The number of nitrogens with one attached hydrogen (secondary N) is 2. The van der Waals surface area contributed by atoms with Gasteiger partial charge in [0, 0.05) is 31.7 Å². The van der Waals surface area contributed by atoms with Crippen LogP contribution in [-0.2, 0) is 30.9 Å². The summed E-state index contributed by atoms with van der Waals surface area (Å²) in [6.45, 7) is 4.18. The van der Waals surface area contributed by atoms with Crippen molar-refractivity contribution in [2.45, 2.75) is 45.5 Å². The van der Waals surface area contributed by atoms with Crippen LogP contribution in [0.3, 0.4) is 0 Å². The molecule has 0 aliphatic carbocycles. The Kier molecular flexibility index (Phi) is 8.42. The highest BCUT2D eigenvalue weighted by molar-refractivity contribution is 14.0. The van der Waals surface area contributed by atoms with E-state index in [1.807, 2.05) is 17.7 Å². The lowest BCUT2D eigenvalue weighted by Crippen LogP contribution is -2.47. The number of halogens is 2. The predicted molar refractivity (Wildman–Crippen MR) is 113 cm³/mol. The number of methoxy groups -OCH3 is 1. The van der Waals surface area contributed by atoms with E-state index in [1.165, 1.54) is 6.07 Å². The van der Waals surface area contributed by atoms with E-state index >= 15 is 0 Å². The van der Waals surface area contributed by atoms with E-state index in [0.717, 1.165) is 31.8 Å². The fourth-order valence-electron chi connectivity index (χ4n) is 2.97. The van der Waals surface area contributed by atoms with Crippen molar-refractivity contribution in [3.8, 4) is 0 Å². The number of rotatable bonds is 6. The summed E-state index contributed by atoms with van der Waals surface area (Å²) < 4.78 is 20.8. The summed E-state index contributed by atoms with van der Waals surface area (Å²) >= 11 is 0. The molecule has 2 N–H and O–H groups in total. The number of aliphatic imine (C=N–C) groups is 1. The molecule has 1 unspecified atom stereocenters. The number of guanidine groups is 1. The highest BCUT2D eigenvalue weighted by Gasteiger charge is 2.22. The van der Waals surface area contributed by atoms with Gasteiger partial charge in [-0.3, -0.25) is 0 Å². The normalized spacial score (nSPS) is 16.4. The predicted octanol–water partition coefficient (Wildman–Crippen LogP) is 2.25. The van der Waals surface area contributed by atoms with E-state index < -0.39 is 0 Å². The van der Waals surface area contributed by atoms with E-state index in [-0.39, 0.29) is 35.8 Å². The summed E-state index contributed by atoms with van der Waals surface area (Å²) in [5.74, 6) is 2.15. The van der Waals surface area contributed by atoms with Crippen LogP contribution in [0.4, 0.5) is 4.39 Å². The minimum absolute atomic E-state index is 0. The van der Waals surface area contributed by atoms with Crippen molar-refractivity contribution in [2.75, 3.05) is 13.7 Å². The first-order valence-corrected chi connectivity index (χ1v) is 8.89. The lowest BCUT2D eigenvalue weighted by atomic mass is 10.1. The van der Waals surface area contributed by atoms with Crippen molar-refractivity contribution in [2.24, 2.45) is 4.99 Å². The third-order valence-corrected chi connectivity index (χ3v) is 4.23. The lowest BCUT2D eigenvalue weighted by molar-refractivity contribution is 0.177. The number of hydrogen-bond donors (Lipinski definition) is 2. The molecule has 7 nitrogen and oxygen atoms in total. The van der Waals surface area contributed by atoms with Crippen LogP contribution in [0.1, 0.15) is 30.6 Å². The first-order chi connectivity index (χ1) is 12.7. The van der Waals surface area contributed by atoms with Crippen molar-refractivity contribution in [1.82, 2.24) is 25.4 Å². The molecule has 148 valence electrons. The fourth-order valence-corrected chi connectivity index (χ4v) is 2.97. The molecular weight excluding hydrogens is 462 g/mol. The van der Waals surface area contributed by atoms with Crippen LogP contribution in [0.2, 0.25) is 0 Å². The molecule has 2 heterocycles. The van der Waals surface area contributed by atoms with Gasteiger partial charge in [-0.2, -0.15) is 5.10 Å².